The van der Waals surface area contributed by atoms with Crippen LogP contribution in [0, 0.1) is 5.92 Å². The van der Waals surface area contributed by atoms with Crippen LogP contribution >= 0.6 is 0 Å². The van der Waals surface area contributed by atoms with Gasteiger partial charge in [-0.15, -0.1) is 0 Å². The van der Waals surface area contributed by atoms with Crippen LogP contribution in [0.15, 0.2) is 24.3 Å². The monoisotopic (exact) mass is 361 g/mol. The van der Waals surface area contributed by atoms with E-state index in [4.69, 9.17) is 9.47 Å². The molecule has 3 rings (SSSR count). The molecular formula is C20H31N3O3. The molecule has 0 radical (unpaired) electrons. The molecule has 0 aliphatic carbocycles. The number of piperazine rings is 1. The molecule has 2 fully saturated rings. The second-order valence-corrected chi connectivity index (χ2v) is 7.54. The zero-order chi connectivity index (χ0) is 18.4. The number of carbonyl (C=O) groups excluding carboxylic acids is 1. The van der Waals surface area contributed by atoms with Gasteiger partial charge in [0.25, 0.3) is 5.91 Å². The molecule has 26 heavy (non-hydrogen) atoms. The van der Waals surface area contributed by atoms with Gasteiger partial charge in [-0.2, -0.15) is 0 Å². The summed E-state index contributed by atoms with van der Waals surface area (Å²) in [5, 5.41) is 3.38. The number of nitrogens with zero attached hydrogens (tertiary/aromatic N) is 2. The number of nitrogens with one attached hydrogen (secondary N) is 1. The predicted molar refractivity (Wildman–Crippen MR) is 102 cm³/mol. The first kappa shape index (κ1) is 19.0. The number of rotatable bonds is 7. The van der Waals surface area contributed by atoms with E-state index in [0.29, 0.717) is 24.3 Å². The lowest BCUT2D eigenvalue weighted by atomic mass is 10.2. The van der Waals surface area contributed by atoms with E-state index >= 15 is 0 Å². The first-order valence-electron chi connectivity index (χ1n) is 9.70. The average molecular weight is 361 g/mol. The minimum absolute atomic E-state index is 0.0659. The van der Waals surface area contributed by atoms with Crippen LogP contribution in [0.1, 0.15) is 20.3 Å². The van der Waals surface area contributed by atoms with Crippen LogP contribution in [0.5, 0.6) is 11.5 Å². The van der Waals surface area contributed by atoms with Gasteiger partial charge >= 0.3 is 0 Å². The zero-order valence-corrected chi connectivity index (χ0v) is 15.9. The number of likely N-dealkylation sites (tertiary alicyclic amines) is 1. The number of benzene rings is 1. The van der Waals surface area contributed by atoms with Crippen molar-refractivity contribution < 1.29 is 14.3 Å². The fraction of sp³-hybridized carbons (Fsp3) is 0.650. The SMILES string of the molecule is CC(C)COc1cccc(OCC(=O)N2CCC(N3CCNCC3)C2)c1. The Kier molecular flexibility index (Phi) is 6.74. The molecule has 144 valence electrons. The molecule has 1 atom stereocenters. The fourth-order valence-electron chi connectivity index (χ4n) is 3.47. The normalized spacial score (nSPS) is 21.2. The van der Waals surface area contributed by atoms with Crippen molar-refractivity contribution in [1.29, 1.82) is 0 Å². The Morgan fingerprint density at radius 2 is 1.92 bits per heavy atom. The van der Waals surface area contributed by atoms with Gasteiger partial charge in [-0.3, -0.25) is 9.69 Å². The van der Waals surface area contributed by atoms with Crippen molar-refractivity contribution in [1.82, 2.24) is 15.1 Å². The number of hydrogen-bond donors (Lipinski definition) is 1. The Balaban J connectivity index is 1.44. The van der Waals surface area contributed by atoms with E-state index in [9.17, 15) is 4.79 Å². The molecule has 6 heteroatoms. The van der Waals surface area contributed by atoms with Gasteiger partial charge in [0, 0.05) is 51.4 Å². The summed E-state index contributed by atoms with van der Waals surface area (Å²) in [7, 11) is 0. The maximum Gasteiger partial charge on any atom is 0.260 e. The maximum absolute atomic E-state index is 12.5. The molecule has 1 aromatic rings. The third-order valence-electron chi connectivity index (χ3n) is 4.94. The second kappa shape index (κ2) is 9.24. The van der Waals surface area contributed by atoms with E-state index < -0.39 is 0 Å². The van der Waals surface area contributed by atoms with Crippen molar-refractivity contribution in [3.8, 4) is 11.5 Å². The van der Waals surface area contributed by atoms with Gasteiger partial charge < -0.3 is 19.7 Å². The molecule has 1 aromatic carbocycles. The summed E-state index contributed by atoms with van der Waals surface area (Å²) in [6, 6.07) is 8.02. The lowest BCUT2D eigenvalue weighted by Crippen LogP contribution is -2.49. The fourth-order valence-corrected chi connectivity index (χ4v) is 3.47. The van der Waals surface area contributed by atoms with Crippen molar-refractivity contribution in [3.63, 3.8) is 0 Å². The molecule has 1 unspecified atom stereocenters. The molecule has 6 nitrogen and oxygen atoms in total. The molecule has 0 aromatic heterocycles. The summed E-state index contributed by atoms with van der Waals surface area (Å²) in [6.45, 7) is 10.9. The predicted octanol–water partition coefficient (Wildman–Crippen LogP) is 1.61. The van der Waals surface area contributed by atoms with Crippen LogP contribution in [-0.2, 0) is 4.79 Å². The topological polar surface area (TPSA) is 54.0 Å². The van der Waals surface area contributed by atoms with Gasteiger partial charge in [0.2, 0.25) is 0 Å². The maximum atomic E-state index is 12.5. The van der Waals surface area contributed by atoms with Gasteiger partial charge in [-0.25, -0.2) is 0 Å². The molecule has 2 aliphatic heterocycles. The third kappa shape index (κ3) is 5.35. The van der Waals surface area contributed by atoms with Crippen LogP contribution in [0.25, 0.3) is 0 Å². The quantitative estimate of drug-likeness (QED) is 0.800. The molecule has 1 amide bonds. The van der Waals surface area contributed by atoms with Gasteiger partial charge in [0.15, 0.2) is 6.61 Å². The first-order valence-corrected chi connectivity index (χ1v) is 9.70. The first-order chi connectivity index (χ1) is 12.6. The van der Waals surface area contributed by atoms with Gasteiger partial charge in [-0.05, 0) is 24.5 Å². The highest BCUT2D eigenvalue weighted by molar-refractivity contribution is 5.78. The van der Waals surface area contributed by atoms with E-state index in [0.717, 1.165) is 51.4 Å². The van der Waals surface area contributed by atoms with Crippen LogP contribution < -0.4 is 14.8 Å². The summed E-state index contributed by atoms with van der Waals surface area (Å²) in [5.74, 6) is 2.00. The minimum atomic E-state index is 0.0659. The molecule has 1 N–H and O–H groups in total. The number of carbonyl (C=O) groups is 1. The van der Waals surface area contributed by atoms with E-state index in [1.165, 1.54) is 0 Å². The van der Waals surface area contributed by atoms with Crippen molar-refractivity contribution >= 4 is 5.91 Å². The molecular weight excluding hydrogens is 330 g/mol. The molecule has 0 bridgehead atoms. The van der Waals surface area contributed by atoms with Crippen molar-refractivity contribution in [3.05, 3.63) is 24.3 Å². The summed E-state index contributed by atoms with van der Waals surface area (Å²) >= 11 is 0. The van der Waals surface area contributed by atoms with E-state index in [1.807, 2.05) is 29.2 Å². The Morgan fingerprint density at radius 1 is 1.19 bits per heavy atom. The Morgan fingerprint density at radius 3 is 2.65 bits per heavy atom. The highest BCUT2D eigenvalue weighted by atomic mass is 16.5. The smallest absolute Gasteiger partial charge is 0.260 e. The summed E-state index contributed by atoms with van der Waals surface area (Å²) in [4.78, 5) is 16.9. The van der Waals surface area contributed by atoms with Gasteiger partial charge in [-0.1, -0.05) is 19.9 Å². The number of hydrogen-bond acceptors (Lipinski definition) is 5. The zero-order valence-electron chi connectivity index (χ0n) is 15.9. The highest BCUT2D eigenvalue weighted by Crippen LogP contribution is 2.21. The summed E-state index contributed by atoms with van der Waals surface area (Å²) in [6.07, 6.45) is 1.06. The third-order valence-corrected chi connectivity index (χ3v) is 4.94. The summed E-state index contributed by atoms with van der Waals surface area (Å²) in [5.41, 5.74) is 0. The lowest BCUT2D eigenvalue weighted by Gasteiger charge is -2.32. The largest absolute Gasteiger partial charge is 0.493 e. The van der Waals surface area contributed by atoms with E-state index in [-0.39, 0.29) is 12.5 Å². The van der Waals surface area contributed by atoms with Crippen LogP contribution in [0.3, 0.4) is 0 Å². The highest BCUT2D eigenvalue weighted by Gasteiger charge is 2.30. The second-order valence-electron chi connectivity index (χ2n) is 7.54. The minimum Gasteiger partial charge on any atom is -0.493 e. The lowest BCUT2D eigenvalue weighted by molar-refractivity contribution is -0.132. The number of amides is 1. The molecule has 0 saturated carbocycles. The van der Waals surface area contributed by atoms with Gasteiger partial charge in [0.05, 0.1) is 6.61 Å². The van der Waals surface area contributed by atoms with Crippen molar-refractivity contribution in [2.75, 3.05) is 52.5 Å². The van der Waals surface area contributed by atoms with E-state index in [1.54, 1.807) is 0 Å². The van der Waals surface area contributed by atoms with Crippen LogP contribution in [0.2, 0.25) is 0 Å². The molecule has 2 saturated heterocycles. The van der Waals surface area contributed by atoms with Crippen LogP contribution in [0.4, 0.5) is 0 Å². The molecule has 2 heterocycles. The standard InChI is InChI=1S/C20H31N3O3/c1-16(2)14-25-18-4-3-5-19(12-18)26-15-20(24)23-9-6-17(13-23)22-10-7-21-8-11-22/h3-5,12,16-17,21H,6-11,13-15H2,1-2H3. The summed E-state index contributed by atoms with van der Waals surface area (Å²) < 4.78 is 11.4. The Labute approximate surface area is 156 Å². The average Bonchev–Trinajstić information content (AvgIpc) is 3.16. The van der Waals surface area contributed by atoms with E-state index in [2.05, 4.69) is 24.1 Å². The van der Waals surface area contributed by atoms with Crippen molar-refractivity contribution in [2.24, 2.45) is 5.92 Å². The Hall–Kier alpha value is -1.79. The molecule has 0 spiro atoms. The van der Waals surface area contributed by atoms with Crippen LogP contribution in [-0.4, -0.2) is 74.2 Å². The Bertz CT molecular complexity index is 587. The number of ether oxygens (including phenoxy) is 2. The van der Waals surface area contributed by atoms with Gasteiger partial charge in [0.1, 0.15) is 11.5 Å². The molecule has 2 aliphatic rings. The van der Waals surface area contributed by atoms with Crippen molar-refractivity contribution in [2.45, 2.75) is 26.3 Å².